The van der Waals surface area contributed by atoms with E-state index in [0.717, 1.165) is 5.56 Å². The average molecular weight is 165 g/mol. The quantitative estimate of drug-likeness (QED) is 0.633. The molecule has 0 saturated heterocycles. The van der Waals surface area contributed by atoms with Crippen molar-refractivity contribution in [1.82, 2.24) is 0 Å². The standard InChI is InChI=1S/C10H13O2/c1-8(12-9(2)11)10-6-4-3-5-7-10/h3-9H,1-2H3. The molecule has 2 atom stereocenters. The fourth-order valence-electron chi connectivity index (χ4n) is 1.09. The highest BCUT2D eigenvalue weighted by Crippen LogP contribution is 2.16. The van der Waals surface area contributed by atoms with E-state index in [9.17, 15) is 5.11 Å². The van der Waals surface area contributed by atoms with Gasteiger partial charge in [-0.25, -0.2) is 5.11 Å². The summed E-state index contributed by atoms with van der Waals surface area (Å²) in [6, 6.07) is 9.71. The minimum atomic E-state index is -0.958. The van der Waals surface area contributed by atoms with Gasteiger partial charge in [-0.05, 0) is 19.4 Å². The summed E-state index contributed by atoms with van der Waals surface area (Å²) >= 11 is 0. The first-order valence-electron chi connectivity index (χ1n) is 4.06. The maximum atomic E-state index is 10.7. The molecule has 0 amide bonds. The molecule has 0 spiro atoms. The van der Waals surface area contributed by atoms with Crippen LogP contribution >= 0.6 is 0 Å². The Labute approximate surface area is 72.8 Å². The number of ether oxygens (including phenoxy) is 1. The second-order valence-corrected chi connectivity index (χ2v) is 2.76. The molecule has 65 valence electrons. The van der Waals surface area contributed by atoms with E-state index in [2.05, 4.69) is 0 Å². The molecular weight excluding hydrogens is 152 g/mol. The number of hydrogen-bond acceptors (Lipinski definition) is 1. The van der Waals surface area contributed by atoms with Crippen LogP contribution in [0.4, 0.5) is 0 Å². The highest BCUT2D eigenvalue weighted by atomic mass is 16.6. The maximum absolute atomic E-state index is 10.7. The van der Waals surface area contributed by atoms with Gasteiger partial charge in [0.25, 0.3) is 0 Å². The Bertz CT molecular complexity index is 219. The molecule has 0 aromatic heterocycles. The van der Waals surface area contributed by atoms with Gasteiger partial charge in [0.05, 0.1) is 6.10 Å². The van der Waals surface area contributed by atoms with Crippen LogP contribution in [0.3, 0.4) is 0 Å². The molecule has 0 bridgehead atoms. The smallest absolute Gasteiger partial charge is 0.189 e. The molecule has 1 aromatic rings. The summed E-state index contributed by atoms with van der Waals surface area (Å²) in [4.78, 5) is 0. The van der Waals surface area contributed by atoms with Gasteiger partial charge in [0, 0.05) is 0 Å². The fourth-order valence-corrected chi connectivity index (χ4v) is 1.09. The van der Waals surface area contributed by atoms with Crippen LogP contribution in [-0.4, -0.2) is 6.29 Å². The molecule has 0 N–H and O–H groups in total. The second kappa shape index (κ2) is 4.24. The molecule has 0 aliphatic rings. The lowest BCUT2D eigenvalue weighted by Crippen LogP contribution is -2.08. The fraction of sp³-hybridized carbons (Fsp3) is 0.400. The molecule has 0 heterocycles. The monoisotopic (exact) mass is 165 g/mol. The zero-order valence-electron chi connectivity index (χ0n) is 7.36. The van der Waals surface area contributed by atoms with Gasteiger partial charge in [0.15, 0.2) is 6.29 Å². The van der Waals surface area contributed by atoms with Crippen LogP contribution in [0.5, 0.6) is 0 Å². The minimum absolute atomic E-state index is 0.112. The summed E-state index contributed by atoms with van der Waals surface area (Å²) < 4.78 is 5.08. The van der Waals surface area contributed by atoms with E-state index >= 15 is 0 Å². The third-order valence-electron chi connectivity index (χ3n) is 1.66. The summed E-state index contributed by atoms with van der Waals surface area (Å²) in [5.74, 6) is 0. The van der Waals surface area contributed by atoms with Gasteiger partial charge in [-0.15, -0.1) is 0 Å². The Kier molecular flexibility index (Phi) is 3.26. The van der Waals surface area contributed by atoms with Gasteiger partial charge >= 0.3 is 0 Å². The molecule has 0 fully saturated rings. The molecule has 1 rings (SSSR count). The summed E-state index contributed by atoms with van der Waals surface area (Å²) in [6.45, 7) is 3.38. The van der Waals surface area contributed by atoms with Crippen LogP contribution in [0, 0.1) is 0 Å². The van der Waals surface area contributed by atoms with E-state index in [-0.39, 0.29) is 6.10 Å². The predicted molar refractivity (Wildman–Crippen MR) is 46.1 cm³/mol. The van der Waals surface area contributed by atoms with E-state index in [0.29, 0.717) is 0 Å². The molecule has 1 aromatic carbocycles. The third-order valence-corrected chi connectivity index (χ3v) is 1.66. The Balaban J connectivity index is 2.59. The number of benzene rings is 1. The van der Waals surface area contributed by atoms with E-state index in [1.165, 1.54) is 6.92 Å². The molecule has 12 heavy (non-hydrogen) atoms. The van der Waals surface area contributed by atoms with Gasteiger partial charge in [-0.2, -0.15) is 0 Å². The second-order valence-electron chi connectivity index (χ2n) is 2.76. The Morgan fingerprint density at radius 3 is 2.25 bits per heavy atom. The lowest BCUT2D eigenvalue weighted by Gasteiger charge is -2.13. The molecule has 2 heteroatoms. The van der Waals surface area contributed by atoms with Crippen LogP contribution in [-0.2, 0) is 9.84 Å². The SMILES string of the molecule is CC([O])OC(C)c1ccccc1. The highest BCUT2D eigenvalue weighted by Gasteiger charge is 2.07. The van der Waals surface area contributed by atoms with Gasteiger partial charge in [0.2, 0.25) is 0 Å². The Morgan fingerprint density at radius 1 is 1.17 bits per heavy atom. The Hall–Kier alpha value is -0.860. The first kappa shape index (κ1) is 9.23. The van der Waals surface area contributed by atoms with Gasteiger partial charge in [-0.3, -0.25) is 0 Å². The highest BCUT2D eigenvalue weighted by molar-refractivity contribution is 5.16. The third kappa shape index (κ3) is 2.64. The normalized spacial score (nSPS) is 15.6. The number of hydrogen-bond donors (Lipinski definition) is 0. The van der Waals surface area contributed by atoms with Crippen molar-refractivity contribution in [2.75, 3.05) is 0 Å². The Morgan fingerprint density at radius 2 is 1.75 bits per heavy atom. The van der Waals surface area contributed by atoms with Crippen LogP contribution in [0.1, 0.15) is 25.5 Å². The van der Waals surface area contributed by atoms with Gasteiger partial charge in [-0.1, -0.05) is 30.3 Å². The molecule has 0 aliphatic carbocycles. The van der Waals surface area contributed by atoms with Crippen LogP contribution in [0.15, 0.2) is 30.3 Å². The van der Waals surface area contributed by atoms with Crippen molar-refractivity contribution in [2.45, 2.75) is 26.2 Å². The lowest BCUT2D eigenvalue weighted by molar-refractivity contribution is -0.155. The largest absolute Gasteiger partial charge is 0.342 e. The van der Waals surface area contributed by atoms with Crippen LogP contribution in [0.25, 0.3) is 0 Å². The summed E-state index contributed by atoms with van der Waals surface area (Å²) in [6.07, 6.45) is -1.07. The predicted octanol–water partition coefficient (Wildman–Crippen LogP) is 2.54. The first-order chi connectivity index (χ1) is 5.70. The van der Waals surface area contributed by atoms with E-state index < -0.39 is 6.29 Å². The van der Waals surface area contributed by atoms with Crippen molar-refractivity contribution in [3.05, 3.63) is 35.9 Å². The van der Waals surface area contributed by atoms with Crippen molar-refractivity contribution >= 4 is 0 Å². The van der Waals surface area contributed by atoms with Gasteiger partial charge < -0.3 is 4.74 Å². The van der Waals surface area contributed by atoms with Crippen molar-refractivity contribution in [3.63, 3.8) is 0 Å². The zero-order valence-corrected chi connectivity index (χ0v) is 7.36. The van der Waals surface area contributed by atoms with Crippen molar-refractivity contribution < 1.29 is 9.84 Å². The molecular formula is C10H13O2. The van der Waals surface area contributed by atoms with Crippen LogP contribution < -0.4 is 0 Å². The summed E-state index contributed by atoms with van der Waals surface area (Å²) in [5, 5.41) is 10.7. The lowest BCUT2D eigenvalue weighted by atomic mass is 10.1. The van der Waals surface area contributed by atoms with E-state index in [1.54, 1.807) is 0 Å². The van der Waals surface area contributed by atoms with Crippen molar-refractivity contribution in [1.29, 1.82) is 0 Å². The van der Waals surface area contributed by atoms with E-state index in [1.807, 2.05) is 37.3 Å². The van der Waals surface area contributed by atoms with Crippen molar-refractivity contribution in [2.24, 2.45) is 0 Å². The topological polar surface area (TPSA) is 29.1 Å². The number of rotatable bonds is 3. The molecule has 2 nitrogen and oxygen atoms in total. The van der Waals surface area contributed by atoms with Gasteiger partial charge in [0.1, 0.15) is 0 Å². The molecule has 0 saturated carbocycles. The zero-order chi connectivity index (χ0) is 8.97. The minimum Gasteiger partial charge on any atom is -0.342 e. The molecule has 1 radical (unpaired) electrons. The summed E-state index contributed by atoms with van der Waals surface area (Å²) in [7, 11) is 0. The maximum Gasteiger partial charge on any atom is 0.189 e. The van der Waals surface area contributed by atoms with E-state index in [4.69, 9.17) is 4.74 Å². The summed E-state index contributed by atoms with van der Waals surface area (Å²) in [5.41, 5.74) is 1.04. The average Bonchev–Trinajstić information content (AvgIpc) is 2.05. The van der Waals surface area contributed by atoms with Crippen LogP contribution in [0.2, 0.25) is 0 Å². The molecule has 2 unspecified atom stereocenters. The van der Waals surface area contributed by atoms with Crippen molar-refractivity contribution in [3.8, 4) is 0 Å². The molecule has 0 aliphatic heterocycles. The first-order valence-corrected chi connectivity index (χ1v) is 4.06.